The maximum absolute atomic E-state index is 13.0. The number of nitrogens with zero attached hydrogens (tertiary/aromatic N) is 2. The molecule has 2 N–H and O–H groups in total. The zero-order chi connectivity index (χ0) is 19.8. The lowest BCUT2D eigenvalue weighted by molar-refractivity contribution is -0.885. The number of amides is 2. The van der Waals surface area contributed by atoms with Gasteiger partial charge in [0, 0.05) is 12.1 Å². The van der Waals surface area contributed by atoms with E-state index in [1.54, 1.807) is 30.5 Å². The van der Waals surface area contributed by atoms with Crippen LogP contribution in [-0.4, -0.2) is 41.8 Å². The van der Waals surface area contributed by atoms with Crippen LogP contribution in [0, 0.1) is 11.0 Å². The summed E-state index contributed by atoms with van der Waals surface area (Å²) >= 11 is 0. The lowest BCUT2D eigenvalue weighted by atomic mass is 10.1. The first-order chi connectivity index (χ1) is 13.5. The number of hydroxylamine groups is 3. The molecule has 0 bridgehead atoms. The van der Waals surface area contributed by atoms with Crippen LogP contribution in [0.1, 0.15) is 32.1 Å². The van der Waals surface area contributed by atoms with Crippen molar-refractivity contribution in [3.05, 3.63) is 53.6 Å². The van der Waals surface area contributed by atoms with Crippen molar-refractivity contribution in [3.8, 4) is 11.3 Å². The third-order valence-electron chi connectivity index (χ3n) is 5.07. The molecule has 0 unspecified atom stereocenters. The summed E-state index contributed by atoms with van der Waals surface area (Å²) in [5, 5.41) is 18.0. The minimum atomic E-state index is -0.291. The van der Waals surface area contributed by atoms with Gasteiger partial charge < -0.3 is 20.5 Å². The van der Waals surface area contributed by atoms with E-state index in [4.69, 9.17) is 0 Å². The lowest BCUT2D eigenvalue weighted by Gasteiger charge is -2.45. The molecule has 3 rings (SSSR count). The Morgan fingerprint density at radius 2 is 1.82 bits per heavy atom. The van der Waals surface area contributed by atoms with Crippen molar-refractivity contribution in [2.45, 2.75) is 32.1 Å². The topological polar surface area (TPSA) is 77.1 Å². The van der Waals surface area contributed by atoms with E-state index in [1.807, 2.05) is 0 Å². The van der Waals surface area contributed by atoms with Crippen molar-refractivity contribution in [2.24, 2.45) is 0 Å². The van der Waals surface area contributed by atoms with Gasteiger partial charge in [0.25, 0.3) is 0 Å². The number of pyridine rings is 1. The Morgan fingerprint density at radius 3 is 2.50 bits per heavy atom. The van der Waals surface area contributed by atoms with Gasteiger partial charge in [-0.25, -0.2) is 9.18 Å². The number of likely N-dealkylation sites (tertiary alicyclic amines) is 1. The molecule has 2 amide bonds. The van der Waals surface area contributed by atoms with Crippen LogP contribution in [0.3, 0.4) is 0 Å². The quantitative estimate of drug-likeness (QED) is 0.423. The highest BCUT2D eigenvalue weighted by molar-refractivity contribution is 5.89. The molecule has 1 aromatic carbocycles. The maximum Gasteiger partial charge on any atom is 0.319 e. The molecule has 1 aliphatic rings. The van der Waals surface area contributed by atoms with Gasteiger partial charge in [-0.05, 0) is 68.5 Å². The van der Waals surface area contributed by atoms with Gasteiger partial charge in [0.05, 0.1) is 37.2 Å². The second-order valence-electron chi connectivity index (χ2n) is 7.32. The summed E-state index contributed by atoms with van der Waals surface area (Å²) < 4.78 is 12.9. The predicted octanol–water partition coefficient (Wildman–Crippen LogP) is 4.29. The number of quaternary nitrogens is 1. The minimum Gasteiger partial charge on any atom is -0.633 e. The average Bonchev–Trinajstić information content (AvgIpc) is 2.69. The van der Waals surface area contributed by atoms with Crippen LogP contribution in [0.25, 0.3) is 11.3 Å². The van der Waals surface area contributed by atoms with E-state index in [9.17, 15) is 14.4 Å². The van der Waals surface area contributed by atoms with Crippen LogP contribution in [0.2, 0.25) is 0 Å². The molecule has 0 aliphatic carbocycles. The first-order valence-corrected chi connectivity index (χ1v) is 9.88. The SMILES string of the molecule is O=C(NCCCC[N+]1([O-])CCCCC1)Nc1ccc(-c2ccc(F)cc2)nc1. The molecule has 1 saturated heterocycles. The first kappa shape index (κ1) is 20.2. The fraction of sp³-hybridized carbons (Fsp3) is 0.429. The second-order valence-corrected chi connectivity index (χ2v) is 7.32. The zero-order valence-electron chi connectivity index (χ0n) is 16.0. The standard InChI is InChI=1S/C21H27FN4O2/c22-18-8-6-17(7-9-18)20-11-10-19(16-24-20)25-21(27)23-12-2-5-15-26(28)13-3-1-4-14-26/h6-11,16H,1-5,12-15H2,(H2,23,25,27). The highest BCUT2D eigenvalue weighted by Gasteiger charge is 2.19. The number of carbonyl (C=O) groups is 1. The van der Waals surface area contributed by atoms with Crippen LogP contribution in [0.15, 0.2) is 42.6 Å². The summed E-state index contributed by atoms with van der Waals surface area (Å²) in [6, 6.07) is 9.34. The molecule has 2 aromatic rings. The van der Waals surface area contributed by atoms with Gasteiger partial charge in [0.2, 0.25) is 0 Å². The largest absolute Gasteiger partial charge is 0.633 e. The number of nitrogens with one attached hydrogen (secondary N) is 2. The van der Waals surface area contributed by atoms with E-state index >= 15 is 0 Å². The van der Waals surface area contributed by atoms with Crippen molar-refractivity contribution in [2.75, 3.05) is 31.5 Å². The number of hydrogen-bond acceptors (Lipinski definition) is 3. The third-order valence-corrected chi connectivity index (χ3v) is 5.07. The van der Waals surface area contributed by atoms with Gasteiger partial charge >= 0.3 is 6.03 Å². The number of benzene rings is 1. The van der Waals surface area contributed by atoms with Crippen molar-refractivity contribution in [1.82, 2.24) is 10.3 Å². The molecular formula is C21H27FN4O2. The number of anilines is 1. The van der Waals surface area contributed by atoms with E-state index in [0.29, 0.717) is 24.5 Å². The smallest absolute Gasteiger partial charge is 0.319 e. The van der Waals surface area contributed by atoms with E-state index in [0.717, 1.165) is 44.3 Å². The molecule has 0 radical (unpaired) electrons. The number of urea groups is 1. The number of aromatic nitrogens is 1. The molecule has 0 spiro atoms. The molecule has 150 valence electrons. The Labute approximate surface area is 164 Å². The number of unbranched alkanes of at least 4 members (excludes halogenated alkanes) is 1. The Hall–Kier alpha value is -2.51. The van der Waals surface area contributed by atoms with E-state index in [-0.39, 0.29) is 16.5 Å². The molecule has 6 nitrogen and oxygen atoms in total. The summed E-state index contributed by atoms with van der Waals surface area (Å²) in [4.78, 5) is 16.3. The number of rotatable bonds is 7. The van der Waals surface area contributed by atoms with Gasteiger partial charge in [-0.1, -0.05) is 0 Å². The summed E-state index contributed by atoms with van der Waals surface area (Å²) in [6.07, 6.45) is 6.40. The van der Waals surface area contributed by atoms with Crippen LogP contribution in [-0.2, 0) is 0 Å². The van der Waals surface area contributed by atoms with Crippen molar-refractivity contribution < 1.29 is 13.8 Å². The minimum absolute atomic E-state index is 0.0712. The fourth-order valence-electron chi connectivity index (χ4n) is 3.47. The van der Waals surface area contributed by atoms with Gasteiger partial charge in [-0.15, -0.1) is 0 Å². The summed E-state index contributed by atoms with van der Waals surface area (Å²) in [5.41, 5.74) is 2.10. The predicted molar refractivity (Wildman–Crippen MR) is 108 cm³/mol. The summed E-state index contributed by atoms with van der Waals surface area (Å²) in [7, 11) is 0. The number of hydrogen-bond donors (Lipinski definition) is 2. The monoisotopic (exact) mass is 386 g/mol. The van der Waals surface area contributed by atoms with Gasteiger partial charge in [-0.2, -0.15) is 0 Å². The molecule has 0 saturated carbocycles. The molecular weight excluding hydrogens is 359 g/mol. The lowest BCUT2D eigenvalue weighted by Crippen LogP contribution is -2.46. The molecule has 7 heteroatoms. The number of halogens is 1. The average molecular weight is 386 g/mol. The molecule has 2 heterocycles. The highest BCUT2D eigenvalue weighted by atomic mass is 19.1. The van der Waals surface area contributed by atoms with Gasteiger partial charge in [0.15, 0.2) is 0 Å². The molecule has 1 aromatic heterocycles. The van der Waals surface area contributed by atoms with Gasteiger partial charge in [-0.3, -0.25) is 4.98 Å². The van der Waals surface area contributed by atoms with Crippen molar-refractivity contribution >= 4 is 11.7 Å². The van der Waals surface area contributed by atoms with Crippen LogP contribution in [0.4, 0.5) is 14.9 Å². The number of piperidine rings is 1. The van der Waals surface area contributed by atoms with E-state index in [1.165, 1.54) is 18.6 Å². The third kappa shape index (κ3) is 6.00. The Balaban J connectivity index is 1.37. The van der Waals surface area contributed by atoms with Crippen molar-refractivity contribution in [1.29, 1.82) is 0 Å². The zero-order valence-corrected chi connectivity index (χ0v) is 16.0. The summed E-state index contributed by atoms with van der Waals surface area (Å²) in [5.74, 6) is -0.290. The van der Waals surface area contributed by atoms with E-state index in [2.05, 4.69) is 15.6 Å². The maximum atomic E-state index is 13.0. The molecule has 0 atom stereocenters. The normalized spacial score (nSPS) is 15.8. The van der Waals surface area contributed by atoms with Crippen LogP contribution in [0.5, 0.6) is 0 Å². The Kier molecular flexibility index (Phi) is 6.95. The van der Waals surface area contributed by atoms with Crippen molar-refractivity contribution in [3.63, 3.8) is 0 Å². The number of carbonyl (C=O) groups excluding carboxylic acids is 1. The Bertz CT molecular complexity index is 759. The Morgan fingerprint density at radius 1 is 1.07 bits per heavy atom. The summed E-state index contributed by atoms with van der Waals surface area (Å²) in [6.45, 7) is 2.63. The van der Waals surface area contributed by atoms with Gasteiger partial charge in [0.1, 0.15) is 5.82 Å². The molecule has 28 heavy (non-hydrogen) atoms. The van der Waals surface area contributed by atoms with Crippen LogP contribution >= 0.6 is 0 Å². The highest BCUT2D eigenvalue weighted by Crippen LogP contribution is 2.19. The second kappa shape index (κ2) is 9.61. The molecule has 1 fully saturated rings. The molecule has 1 aliphatic heterocycles. The van der Waals surface area contributed by atoms with Crippen LogP contribution < -0.4 is 10.6 Å². The first-order valence-electron chi connectivity index (χ1n) is 9.88. The fourth-order valence-corrected chi connectivity index (χ4v) is 3.47. The van der Waals surface area contributed by atoms with E-state index < -0.39 is 0 Å².